The van der Waals surface area contributed by atoms with Crippen molar-refractivity contribution in [3.8, 4) is 11.5 Å². The highest BCUT2D eigenvalue weighted by Gasteiger charge is 2.47. The van der Waals surface area contributed by atoms with Gasteiger partial charge in [-0.1, -0.05) is 75.9 Å². The summed E-state index contributed by atoms with van der Waals surface area (Å²) in [6, 6.07) is 6.56. The number of nitrogens with one attached hydrogen (secondary N) is 4. The summed E-state index contributed by atoms with van der Waals surface area (Å²) in [5.41, 5.74) is 7.07. The van der Waals surface area contributed by atoms with Crippen LogP contribution in [0.2, 0.25) is 10.0 Å². The van der Waals surface area contributed by atoms with Crippen LogP contribution < -0.4 is 31.2 Å². The molecule has 1 heterocycles. The Morgan fingerprint density at radius 1 is 1.00 bits per heavy atom. The van der Waals surface area contributed by atoms with Gasteiger partial charge in [-0.25, -0.2) is 4.79 Å². The number of hydrogen-bond acceptors (Lipinski definition) is 7. The predicted molar refractivity (Wildman–Crippen MR) is 188 cm³/mol. The first kappa shape index (κ1) is 37.7. The minimum atomic E-state index is -1.51. The number of aromatic amines is 1. The fourth-order valence-electron chi connectivity index (χ4n) is 6.23. The number of alkyl carbamates (subject to hydrolysis) is 1. The molecule has 0 aliphatic heterocycles. The second-order valence-corrected chi connectivity index (χ2v) is 13.5. The van der Waals surface area contributed by atoms with Gasteiger partial charge in [0.2, 0.25) is 17.7 Å². The van der Waals surface area contributed by atoms with Crippen molar-refractivity contribution in [2.24, 2.45) is 17.6 Å². The molecule has 3 aromatic rings. The second kappa shape index (κ2) is 16.0. The van der Waals surface area contributed by atoms with Crippen LogP contribution in [0.3, 0.4) is 0 Å². The Labute approximate surface area is 296 Å². The molecular weight excluding hydrogens is 673 g/mol. The van der Waals surface area contributed by atoms with Crippen LogP contribution >= 0.6 is 23.2 Å². The van der Waals surface area contributed by atoms with Crippen LogP contribution in [-0.2, 0) is 38.6 Å². The first-order valence-corrected chi connectivity index (χ1v) is 17.1. The van der Waals surface area contributed by atoms with Gasteiger partial charge in [0.1, 0.15) is 24.2 Å². The van der Waals surface area contributed by atoms with Crippen LogP contribution in [-0.4, -0.2) is 60.6 Å². The number of H-pyrrole nitrogens is 1. The van der Waals surface area contributed by atoms with Gasteiger partial charge in [0.15, 0.2) is 11.5 Å². The van der Waals surface area contributed by atoms with Gasteiger partial charge in [0.25, 0.3) is 0 Å². The molecular formula is C35H45Cl2N5O7. The number of para-hydroxylation sites is 1. The lowest BCUT2D eigenvalue weighted by Crippen LogP contribution is -2.67. The molecule has 2 unspecified atom stereocenters. The van der Waals surface area contributed by atoms with Gasteiger partial charge in [-0.3, -0.25) is 14.4 Å². The first-order chi connectivity index (χ1) is 23.3. The number of aromatic nitrogens is 1. The molecule has 2 aromatic carbocycles. The van der Waals surface area contributed by atoms with E-state index < -0.39 is 41.4 Å². The summed E-state index contributed by atoms with van der Waals surface area (Å²) < 4.78 is 16.3. The molecule has 0 radical (unpaired) electrons. The number of nitrogens with two attached hydrogens (primary N) is 1. The summed E-state index contributed by atoms with van der Waals surface area (Å²) in [7, 11) is 2.99. The maximum absolute atomic E-state index is 14.3. The SMILES string of the molecule is CCC(C)C(NC(=O)OCc1cccc(OC)c1OC)C(=O)N[C@]1(C(=O)N[C@H](C(N)=O)[C@@H](C)CC)CCc2[nH]c3c(Cl)cc(Cl)cc3c2C1. The van der Waals surface area contributed by atoms with Crippen molar-refractivity contribution in [2.45, 2.75) is 84.0 Å². The van der Waals surface area contributed by atoms with Gasteiger partial charge < -0.3 is 40.9 Å². The summed E-state index contributed by atoms with van der Waals surface area (Å²) in [6.07, 6.45) is 0.914. The lowest BCUT2D eigenvalue weighted by Gasteiger charge is -2.39. The summed E-state index contributed by atoms with van der Waals surface area (Å²) in [5.74, 6) is -1.53. The van der Waals surface area contributed by atoms with Crippen LogP contribution in [0.5, 0.6) is 11.5 Å². The van der Waals surface area contributed by atoms with E-state index in [2.05, 4.69) is 20.9 Å². The number of methoxy groups -OCH3 is 2. The molecule has 0 saturated heterocycles. The Hall–Kier alpha value is -4.16. The number of carbonyl (C=O) groups is 4. The Kier molecular flexibility index (Phi) is 12.3. The third kappa shape index (κ3) is 8.18. The van der Waals surface area contributed by atoms with Gasteiger partial charge in [-0.15, -0.1) is 0 Å². The van der Waals surface area contributed by atoms with E-state index in [0.717, 1.165) is 16.6 Å². The van der Waals surface area contributed by atoms with Crippen molar-refractivity contribution < 1.29 is 33.4 Å². The van der Waals surface area contributed by atoms with Gasteiger partial charge >= 0.3 is 6.09 Å². The van der Waals surface area contributed by atoms with E-state index in [1.54, 1.807) is 30.3 Å². The van der Waals surface area contributed by atoms with E-state index in [1.807, 2.05) is 27.7 Å². The molecule has 4 rings (SSSR count). The van der Waals surface area contributed by atoms with Crippen molar-refractivity contribution >= 4 is 57.9 Å². The zero-order valence-corrected chi connectivity index (χ0v) is 30.1. The number of benzene rings is 2. The van der Waals surface area contributed by atoms with Crippen LogP contribution in [0.25, 0.3) is 10.9 Å². The molecule has 5 atom stereocenters. The molecule has 266 valence electrons. The number of carbonyl (C=O) groups excluding carboxylic acids is 4. The third-order valence-electron chi connectivity index (χ3n) is 9.52. The topological polar surface area (TPSA) is 174 Å². The van der Waals surface area contributed by atoms with Gasteiger partial charge in [-0.2, -0.15) is 0 Å². The number of halogens is 2. The van der Waals surface area contributed by atoms with E-state index in [1.165, 1.54) is 14.2 Å². The Balaban J connectivity index is 1.65. The summed E-state index contributed by atoms with van der Waals surface area (Å²) in [6.45, 7) is 7.27. The highest BCUT2D eigenvalue weighted by molar-refractivity contribution is 6.38. The van der Waals surface area contributed by atoms with E-state index in [4.69, 9.17) is 43.1 Å². The minimum absolute atomic E-state index is 0.0653. The van der Waals surface area contributed by atoms with Crippen molar-refractivity contribution in [1.29, 1.82) is 0 Å². The molecule has 1 aromatic heterocycles. The zero-order valence-electron chi connectivity index (χ0n) is 28.6. The first-order valence-electron chi connectivity index (χ1n) is 16.3. The van der Waals surface area contributed by atoms with Crippen LogP contribution in [0.15, 0.2) is 30.3 Å². The fourth-order valence-corrected chi connectivity index (χ4v) is 6.77. The molecule has 49 heavy (non-hydrogen) atoms. The normalized spacial score (nSPS) is 18.0. The average Bonchev–Trinajstić information content (AvgIpc) is 3.44. The molecule has 1 aliphatic rings. The number of fused-ring (bicyclic) bond motifs is 3. The molecule has 4 amide bonds. The van der Waals surface area contributed by atoms with E-state index >= 15 is 0 Å². The van der Waals surface area contributed by atoms with Crippen LogP contribution in [0, 0.1) is 11.8 Å². The van der Waals surface area contributed by atoms with Gasteiger partial charge in [-0.05, 0) is 48.4 Å². The standard InChI is InChI=1S/C35H45Cl2N5O7/c1-7-18(3)27(31(38)43)40-33(45)35(13-12-25-23(16-35)22-14-21(36)15-24(37)29(22)39-25)42-32(44)28(19(4)8-2)41-34(46)49-17-20-10-9-11-26(47-5)30(20)48-6/h9-11,14-15,18-19,27-28,39H,7-8,12-13,16-17H2,1-6H3,(H2,38,43)(H,40,45)(H,41,46)(H,42,44)/t18-,19?,27-,28?,35+/m0/s1. The largest absolute Gasteiger partial charge is 0.493 e. The molecule has 14 heteroatoms. The number of hydrogen-bond donors (Lipinski definition) is 5. The molecule has 6 N–H and O–H groups in total. The van der Waals surface area contributed by atoms with Crippen molar-refractivity contribution in [1.82, 2.24) is 20.9 Å². The minimum Gasteiger partial charge on any atom is -0.493 e. The maximum Gasteiger partial charge on any atom is 0.408 e. The highest BCUT2D eigenvalue weighted by Crippen LogP contribution is 2.38. The summed E-state index contributed by atoms with van der Waals surface area (Å²) >= 11 is 12.9. The summed E-state index contributed by atoms with van der Waals surface area (Å²) in [4.78, 5) is 57.5. The van der Waals surface area contributed by atoms with E-state index in [9.17, 15) is 19.2 Å². The number of amides is 4. The molecule has 1 aliphatic carbocycles. The van der Waals surface area contributed by atoms with E-state index in [-0.39, 0.29) is 31.3 Å². The van der Waals surface area contributed by atoms with Gasteiger partial charge in [0, 0.05) is 28.1 Å². The monoisotopic (exact) mass is 717 g/mol. The number of ether oxygens (including phenoxy) is 3. The summed E-state index contributed by atoms with van der Waals surface area (Å²) in [5, 5.41) is 10.1. The average molecular weight is 719 g/mol. The van der Waals surface area contributed by atoms with E-state index in [0.29, 0.717) is 51.9 Å². The lowest BCUT2D eigenvalue weighted by molar-refractivity contribution is -0.137. The van der Waals surface area contributed by atoms with Crippen molar-refractivity contribution in [3.05, 3.63) is 57.2 Å². The Bertz CT molecular complexity index is 1710. The lowest BCUT2D eigenvalue weighted by atomic mass is 9.78. The van der Waals surface area contributed by atoms with Crippen molar-refractivity contribution in [3.63, 3.8) is 0 Å². The smallest absolute Gasteiger partial charge is 0.408 e. The third-order valence-corrected chi connectivity index (χ3v) is 10.0. The van der Waals surface area contributed by atoms with Crippen molar-refractivity contribution in [2.75, 3.05) is 14.2 Å². The molecule has 0 bridgehead atoms. The highest BCUT2D eigenvalue weighted by atomic mass is 35.5. The van der Waals surface area contributed by atoms with Crippen LogP contribution in [0.4, 0.5) is 4.79 Å². The maximum atomic E-state index is 14.3. The van der Waals surface area contributed by atoms with Gasteiger partial charge in [0.05, 0.1) is 24.8 Å². The Morgan fingerprint density at radius 2 is 1.69 bits per heavy atom. The Morgan fingerprint density at radius 3 is 2.33 bits per heavy atom. The zero-order chi connectivity index (χ0) is 36.0. The molecule has 0 spiro atoms. The quantitative estimate of drug-likeness (QED) is 0.153. The second-order valence-electron chi connectivity index (χ2n) is 12.6. The number of rotatable bonds is 14. The number of primary amides is 1. The number of aryl methyl sites for hydroxylation is 1. The van der Waals surface area contributed by atoms with Crippen LogP contribution in [0.1, 0.15) is 63.8 Å². The fraction of sp³-hybridized carbons (Fsp3) is 0.486. The molecule has 12 nitrogen and oxygen atoms in total. The molecule has 0 saturated carbocycles. The molecule has 0 fully saturated rings. The predicted octanol–water partition coefficient (Wildman–Crippen LogP) is 5.19.